The molecule has 0 heterocycles. The van der Waals surface area contributed by atoms with Crippen molar-refractivity contribution in [2.45, 2.75) is 69.0 Å². The van der Waals surface area contributed by atoms with Gasteiger partial charge in [-0.2, -0.15) is 0 Å². The zero-order valence-corrected chi connectivity index (χ0v) is 21.4. The van der Waals surface area contributed by atoms with E-state index in [0.29, 0.717) is 11.4 Å². The van der Waals surface area contributed by atoms with Crippen LogP contribution in [0.1, 0.15) is 56.0 Å². The van der Waals surface area contributed by atoms with Crippen molar-refractivity contribution in [3.05, 3.63) is 70.8 Å². The van der Waals surface area contributed by atoms with Crippen LogP contribution in [0.4, 0.5) is 13.2 Å². The van der Waals surface area contributed by atoms with E-state index in [0.717, 1.165) is 30.0 Å². The van der Waals surface area contributed by atoms with E-state index >= 15 is 0 Å². The Morgan fingerprint density at radius 2 is 1.82 bits per heavy atom. The minimum atomic E-state index is -1.36. The summed E-state index contributed by atoms with van der Waals surface area (Å²) in [4.78, 5) is 4.10. The van der Waals surface area contributed by atoms with Gasteiger partial charge in [-0.3, -0.25) is 4.99 Å². The van der Waals surface area contributed by atoms with Crippen LogP contribution in [0.3, 0.4) is 0 Å². The Kier molecular flexibility index (Phi) is 8.43. The topological polar surface area (TPSA) is 56.7 Å². The van der Waals surface area contributed by atoms with Gasteiger partial charge in [0.25, 0.3) is 0 Å². The Labute approximate surface area is 202 Å². The number of aliphatic hydroxyl groups is 1. The SMILES string of the molecule is CN=C(C)NC(Cc1cc(F)cc(F)c1)C(O)CNC1(c2cccc(C(P)C(C)(C)F)c2)CC1. The quantitative estimate of drug-likeness (QED) is 0.253. The van der Waals surface area contributed by atoms with Gasteiger partial charge in [0, 0.05) is 30.9 Å². The van der Waals surface area contributed by atoms with Gasteiger partial charge in [-0.05, 0) is 68.9 Å². The number of alkyl halides is 1. The third-order valence-electron chi connectivity index (χ3n) is 6.51. The minimum absolute atomic E-state index is 0.229. The number of hydrogen-bond acceptors (Lipinski definition) is 3. The smallest absolute Gasteiger partial charge is 0.126 e. The standard InChI is InChI=1S/C26H35F3N3OP/c1-16(30-4)32-22(12-17-10-20(27)14-21(28)11-17)23(33)15-31-26(8-9-26)19-7-5-6-18(13-19)24(34)25(2,3)29/h5-7,10-11,13-14,22-24,31,33H,8-9,12,15,34H2,1-4H3,(H,30,32). The second-order valence-electron chi connectivity index (χ2n) is 9.74. The Morgan fingerprint density at radius 3 is 2.38 bits per heavy atom. The third-order valence-corrected chi connectivity index (χ3v) is 7.69. The van der Waals surface area contributed by atoms with Gasteiger partial charge in [0.2, 0.25) is 0 Å². The minimum Gasteiger partial charge on any atom is -0.390 e. The number of halogens is 3. The molecule has 1 saturated carbocycles. The number of nitrogens with zero attached hydrogens (tertiary/aromatic N) is 1. The molecule has 4 unspecified atom stereocenters. The van der Waals surface area contributed by atoms with Gasteiger partial charge in [0.05, 0.1) is 18.0 Å². The molecule has 2 aromatic rings. The van der Waals surface area contributed by atoms with Gasteiger partial charge < -0.3 is 15.7 Å². The van der Waals surface area contributed by atoms with Gasteiger partial charge in [0.1, 0.15) is 17.3 Å². The summed E-state index contributed by atoms with van der Waals surface area (Å²) in [6.45, 7) is 5.18. The summed E-state index contributed by atoms with van der Waals surface area (Å²) in [5.41, 5.74) is 0.462. The van der Waals surface area contributed by atoms with Crippen molar-refractivity contribution < 1.29 is 18.3 Å². The average molecular weight is 494 g/mol. The lowest BCUT2D eigenvalue weighted by molar-refractivity contribution is 0.128. The fraction of sp³-hybridized carbons (Fsp3) is 0.500. The van der Waals surface area contributed by atoms with E-state index in [1.165, 1.54) is 12.1 Å². The molecular formula is C26H35F3N3OP. The molecule has 8 heteroatoms. The Hall–Kier alpha value is -1.95. The summed E-state index contributed by atoms with van der Waals surface area (Å²) in [7, 11) is 4.23. The zero-order chi connectivity index (χ0) is 25.1. The number of amidine groups is 1. The number of aliphatic hydroxyl groups excluding tert-OH is 1. The van der Waals surface area contributed by atoms with E-state index in [9.17, 15) is 18.3 Å². The van der Waals surface area contributed by atoms with Gasteiger partial charge in [0.15, 0.2) is 0 Å². The molecule has 1 aliphatic carbocycles. The molecule has 0 bridgehead atoms. The fourth-order valence-corrected chi connectivity index (χ4v) is 4.37. The van der Waals surface area contributed by atoms with Gasteiger partial charge in [-0.15, -0.1) is 9.24 Å². The molecule has 0 aliphatic heterocycles. The number of aliphatic imine (C=N–C) groups is 1. The maximum Gasteiger partial charge on any atom is 0.126 e. The van der Waals surface area contributed by atoms with Crippen LogP contribution in [0, 0.1) is 11.6 Å². The van der Waals surface area contributed by atoms with Crippen molar-refractivity contribution in [2.24, 2.45) is 4.99 Å². The molecule has 3 rings (SSSR count). The normalized spacial score (nSPS) is 18.3. The van der Waals surface area contributed by atoms with Crippen LogP contribution in [0.15, 0.2) is 47.5 Å². The highest BCUT2D eigenvalue weighted by atomic mass is 31.0. The highest BCUT2D eigenvalue weighted by molar-refractivity contribution is 7.17. The Bertz CT molecular complexity index is 1000. The summed E-state index contributed by atoms with van der Waals surface area (Å²) in [6, 6.07) is 10.8. The van der Waals surface area contributed by atoms with E-state index in [1.54, 1.807) is 27.8 Å². The zero-order valence-electron chi connectivity index (χ0n) is 20.2. The molecule has 0 saturated heterocycles. The van der Waals surface area contributed by atoms with Gasteiger partial charge in [-0.25, -0.2) is 13.2 Å². The summed E-state index contributed by atoms with van der Waals surface area (Å²) in [6.07, 6.45) is 1.20. The number of hydrogen-bond donors (Lipinski definition) is 3. The highest BCUT2D eigenvalue weighted by Crippen LogP contribution is 2.47. The van der Waals surface area contributed by atoms with Crippen LogP contribution in [-0.4, -0.2) is 42.3 Å². The molecule has 3 N–H and O–H groups in total. The van der Waals surface area contributed by atoms with Crippen LogP contribution >= 0.6 is 9.24 Å². The largest absolute Gasteiger partial charge is 0.390 e. The lowest BCUT2D eigenvalue weighted by Gasteiger charge is -2.28. The molecule has 0 amide bonds. The molecule has 2 aromatic carbocycles. The monoisotopic (exact) mass is 493 g/mol. The predicted molar refractivity (Wildman–Crippen MR) is 135 cm³/mol. The number of rotatable bonds is 10. The molecule has 1 fully saturated rings. The van der Waals surface area contributed by atoms with Crippen molar-refractivity contribution in [1.29, 1.82) is 0 Å². The summed E-state index contributed by atoms with van der Waals surface area (Å²) < 4.78 is 41.9. The lowest BCUT2D eigenvalue weighted by atomic mass is 9.94. The van der Waals surface area contributed by atoms with Crippen LogP contribution < -0.4 is 10.6 Å². The first-order valence-corrected chi connectivity index (χ1v) is 12.2. The third kappa shape index (κ3) is 6.80. The second kappa shape index (κ2) is 10.8. The van der Waals surface area contributed by atoms with E-state index < -0.39 is 29.4 Å². The van der Waals surface area contributed by atoms with Crippen molar-refractivity contribution in [3.8, 4) is 0 Å². The van der Waals surface area contributed by atoms with Crippen molar-refractivity contribution in [1.82, 2.24) is 10.6 Å². The molecule has 34 heavy (non-hydrogen) atoms. The first-order chi connectivity index (χ1) is 15.9. The first-order valence-electron chi connectivity index (χ1n) is 11.6. The highest BCUT2D eigenvalue weighted by Gasteiger charge is 2.44. The van der Waals surface area contributed by atoms with Crippen molar-refractivity contribution >= 4 is 15.1 Å². The molecule has 1 aliphatic rings. The summed E-state index contributed by atoms with van der Waals surface area (Å²) in [5.74, 6) is -0.680. The van der Waals surface area contributed by atoms with Crippen LogP contribution in [0.2, 0.25) is 0 Å². The van der Waals surface area contributed by atoms with Gasteiger partial charge >= 0.3 is 0 Å². The molecular weight excluding hydrogens is 458 g/mol. The lowest BCUT2D eigenvalue weighted by Crippen LogP contribution is -2.49. The van der Waals surface area contributed by atoms with Crippen LogP contribution in [0.5, 0.6) is 0 Å². The van der Waals surface area contributed by atoms with Gasteiger partial charge in [-0.1, -0.05) is 24.3 Å². The molecule has 186 valence electrons. The predicted octanol–water partition coefficient (Wildman–Crippen LogP) is 4.82. The summed E-state index contributed by atoms with van der Waals surface area (Å²) >= 11 is 0. The Morgan fingerprint density at radius 1 is 1.18 bits per heavy atom. The van der Waals surface area contributed by atoms with E-state index in [4.69, 9.17) is 0 Å². The van der Waals surface area contributed by atoms with Crippen LogP contribution in [-0.2, 0) is 12.0 Å². The Balaban J connectivity index is 1.73. The van der Waals surface area contributed by atoms with Crippen molar-refractivity contribution in [2.75, 3.05) is 13.6 Å². The van der Waals surface area contributed by atoms with E-state index in [-0.39, 0.29) is 24.2 Å². The van der Waals surface area contributed by atoms with E-state index in [2.05, 4.69) is 24.9 Å². The second-order valence-corrected chi connectivity index (χ2v) is 10.4. The molecule has 4 atom stereocenters. The number of benzene rings is 2. The van der Waals surface area contributed by atoms with Crippen LogP contribution in [0.25, 0.3) is 0 Å². The molecule has 0 spiro atoms. The molecule has 0 aromatic heterocycles. The average Bonchev–Trinajstić information content (AvgIpc) is 3.56. The fourth-order valence-electron chi connectivity index (χ4n) is 4.16. The molecule has 0 radical (unpaired) electrons. The summed E-state index contributed by atoms with van der Waals surface area (Å²) in [5, 5.41) is 17.7. The first kappa shape index (κ1) is 26.7. The molecule has 4 nitrogen and oxygen atoms in total. The number of nitrogens with one attached hydrogen (secondary N) is 2. The maximum absolute atomic E-state index is 14.5. The van der Waals surface area contributed by atoms with E-state index in [1.807, 2.05) is 24.3 Å². The van der Waals surface area contributed by atoms with Crippen molar-refractivity contribution in [3.63, 3.8) is 0 Å². The maximum atomic E-state index is 14.5.